The lowest BCUT2D eigenvalue weighted by Crippen LogP contribution is -2.33. The molecule has 1 atom stereocenters. The normalized spacial score (nSPS) is 21.1. The van der Waals surface area contributed by atoms with E-state index in [1.54, 1.807) is 0 Å². The van der Waals surface area contributed by atoms with E-state index in [9.17, 15) is 4.79 Å². The van der Waals surface area contributed by atoms with Gasteiger partial charge >= 0.3 is 0 Å². The molecule has 1 rings (SSSR count). The van der Waals surface area contributed by atoms with Crippen molar-refractivity contribution in [2.45, 2.75) is 45.4 Å². The smallest absolute Gasteiger partial charge is 0.223 e. The summed E-state index contributed by atoms with van der Waals surface area (Å²) in [7, 11) is 1.88. The Balaban J connectivity index is 2.22. The zero-order chi connectivity index (χ0) is 14.1. The summed E-state index contributed by atoms with van der Waals surface area (Å²) in [5, 5.41) is 0. The second kappa shape index (κ2) is 9.32. The maximum atomic E-state index is 12.0. The predicted octanol–water partition coefficient (Wildman–Crippen LogP) is 1.70. The number of nitrogens with two attached hydrogens (primary N) is 1. The third-order valence-corrected chi connectivity index (χ3v) is 4.28. The van der Waals surface area contributed by atoms with Crippen molar-refractivity contribution in [1.82, 2.24) is 9.80 Å². The van der Waals surface area contributed by atoms with Crippen LogP contribution in [0.15, 0.2) is 0 Å². The first-order chi connectivity index (χ1) is 9.17. The van der Waals surface area contributed by atoms with Crippen LogP contribution < -0.4 is 5.73 Å². The molecule has 0 aromatic heterocycles. The van der Waals surface area contributed by atoms with E-state index in [0.29, 0.717) is 13.0 Å². The Hall–Kier alpha value is -0.610. The largest absolute Gasteiger partial charge is 0.346 e. The van der Waals surface area contributed by atoms with Gasteiger partial charge in [0.2, 0.25) is 5.91 Å². The van der Waals surface area contributed by atoms with Gasteiger partial charge in [0, 0.05) is 26.6 Å². The number of likely N-dealkylation sites (tertiary alicyclic amines) is 1. The van der Waals surface area contributed by atoms with Crippen molar-refractivity contribution >= 4 is 5.91 Å². The van der Waals surface area contributed by atoms with Crippen LogP contribution >= 0.6 is 0 Å². The second-order valence-electron chi connectivity index (χ2n) is 5.75. The molecule has 1 unspecified atom stereocenters. The fourth-order valence-corrected chi connectivity index (χ4v) is 2.75. The summed E-state index contributed by atoms with van der Waals surface area (Å²) in [5.41, 5.74) is 5.47. The van der Waals surface area contributed by atoms with Crippen LogP contribution in [0.4, 0.5) is 0 Å². The highest BCUT2D eigenvalue weighted by atomic mass is 16.2. The molecule has 1 aliphatic rings. The molecule has 1 fully saturated rings. The Labute approximate surface area is 118 Å². The first-order valence-corrected chi connectivity index (χ1v) is 7.83. The Morgan fingerprint density at radius 1 is 1.37 bits per heavy atom. The molecule has 112 valence electrons. The molecule has 4 nitrogen and oxygen atoms in total. The van der Waals surface area contributed by atoms with Crippen molar-refractivity contribution in [2.24, 2.45) is 11.7 Å². The molecule has 0 aromatic rings. The Morgan fingerprint density at radius 2 is 2.16 bits per heavy atom. The van der Waals surface area contributed by atoms with Crippen molar-refractivity contribution in [3.8, 4) is 0 Å². The van der Waals surface area contributed by atoms with Crippen LogP contribution in [0.2, 0.25) is 0 Å². The highest BCUT2D eigenvalue weighted by Gasteiger charge is 2.17. The molecule has 0 saturated carbocycles. The molecule has 2 N–H and O–H groups in total. The van der Waals surface area contributed by atoms with Gasteiger partial charge in [-0.05, 0) is 51.2 Å². The predicted molar refractivity (Wildman–Crippen MR) is 80.0 cm³/mol. The van der Waals surface area contributed by atoms with Gasteiger partial charge in [-0.2, -0.15) is 0 Å². The maximum absolute atomic E-state index is 12.0. The van der Waals surface area contributed by atoms with Crippen molar-refractivity contribution < 1.29 is 4.79 Å². The summed E-state index contributed by atoms with van der Waals surface area (Å²) < 4.78 is 0. The summed E-state index contributed by atoms with van der Waals surface area (Å²) in [5.74, 6) is 1.15. The quantitative estimate of drug-likeness (QED) is 0.765. The van der Waals surface area contributed by atoms with Gasteiger partial charge in [-0.25, -0.2) is 0 Å². The summed E-state index contributed by atoms with van der Waals surface area (Å²) in [6.45, 7) is 6.97. The Bertz CT molecular complexity index is 258. The molecule has 1 aliphatic heterocycles. The molecule has 0 spiro atoms. The molecular weight excluding hydrogens is 238 g/mol. The topological polar surface area (TPSA) is 49.6 Å². The van der Waals surface area contributed by atoms with Gasteiger partial charge in [0.15, 0.2) is 0 Å². The number of rotatable bonds is 7. The summed E-state index contributed by atoms with van der Waals surface area (Å²) in [6, 6.07) is 0. The van der Waals surface area contributed by atoms with Crippen LogP contribution in [0.25, 0.3) is 0 Å². The van der Waals surface area contributed by atoms with Gasteiger partial charge in [-0.15, -0.1) is 0 Å². The lowest BCUT2D eigenvalue weighted by molar-refractivity contribution is -0.130. The van der Waals surface area contributed by atoms with Crippen LogP contribution in [0.1, 0.15) is 45.4 Å². The summed E-state index contributed by atoms with van der Waals surface area (Å²) >= 11 is 0. The van der Waals surface area contributed by atoms with E-state index in [-0.39, 0.29) is 5.91 Å². The van der Waals surface area contributed by atoms with Gasteiger partial charge in [0.25, 0.3) is 0 Å². The molecular formula is C15H31N3O. The van der Waals surface area contributed by atoms with Gasteiger partial charge < -0.3 is 15.5 Å². The zero-order valence-corrected chi connectivity index (χ0v) is 12.7. The lowest BCUT2D eigenvalue weighted by Gasteiger charge is -2.22. The highest BCUT2D eigenvalue weighted by molar-refractivity contribution is 5.76. The molecule has 1 saturated heterocycles. The van der Waals surface area contributed by atoms with Gasteiger partial charge in [-0.3, -0.25) is 4.79 Å². The van der Waals surface area contributed by atoms with E-state index in [1.165, 1.54) is 25.7 Å². The molecule has 4 heteroatoms. The number of carbonyl (C=O) groups excluding carboxylic acids is 1. The van der Waals surface area contributed by atoms with Crippen molar-refractivity contribution in [3.05, 3.63) is 0 Å². The average molecular weight is 269 g/mol. The molecule has 1 amide bonds. The third-order valence-electron chi connectivity index (χ3n) is 4.28. The van der Waals surface area contributed by atoms with Crippen LogP contribution in [0, 0.1) is 5.92 Å². The molecule has 0 aliphatic carbocycles. The van der Waals surface area contributed by atoms with Crippen LogP contribution in [0.3, 0.4) is 0 Å². The van der Waals surface area contributed by atoms with E-state index >= 15 is 0 Å². The molecule has 19 heavy (non-hydrogen) atoms. The zero-order valence-electron chi connectivity index (χ0n) is 12.7. The molecule has 0 bridgehead atoms. The summed E-state index contributed by atoms with van der Waals surface area (Å²) in [6.07, 6.45) is 6.79. The fourth-order valence-electron chi connectivity index (χ4n) is 2.75. The third kappa shape index (κ3) is 6.39. The number of hydrogen-bond donors (Lipinski definition) is 1. The van der Waals surface area contributed by atoms with E-state index < -0.39 is 0 Å². The van der Waals surface area contributed by atoms with Gasteiger partial charge in [0.1, 0.15) is 0 Å². The van der Waals surface area contributed by atoms with Crippen LogP contribution in [0.5, 0.6) is 0 Å². The lowest BCUT2D eigenvalue weighted by atomic mass is 9.98. The summed E-state index contributed by atoms with van der Waals surface area (Å²) in [4.78, 5) is 16.2. The number of amides is 1. The average Bonchev–Trinajstić information content (AvgIpc) is 2.67. The number of carbonyl (C=O) groups is 1. The first kappa shape index (κ1) is 16.4. The SMILES string of the molecule is CCC1CCCN(CCC(=O)N(C)CCCN)CC1. The monoisotopic (exact) mass is 269 g/mol. The van der Waals surface area contributed by atoms with Crippen molar-refractivity contribution in [2.75, 3.05) is 39.8 Å². The minimum absolute atomic E-state index is 0.254. The molecule has 0 aromatic carbocycles. The minimum Gasteiger partial charge on any atom is -0.346 e. The van der Waals surface area contributed by atoms with E-state index in [4.69, 9.17) is 5.73 Å². The fraction of sp³-hybridized carbons (Fsp3) is 0.933. The van der Waals surface area contributed by atoms with E-state index in [2.05, 4.69) is 11.8 Å². The molecule has 0 radical (unpaired) electrons. The molecule has 1 heterocycles. The van der Waals surface area contributed by atoms with E-state index in [1.807, 2.05) is 11.9 Å². The number of hydrogen-bond acceptors (Lipinski definition) is 3. The van der Waals surface area contributed by atoms with Gasteiger partial charge in [-0.1, -0.05) is 13.3 Å². The van der Waals surface area contributed by atoms with Gasteiger partial charge in [0.05, 0.1) is 0 Å². The standard InChI is InChI=1S/C15H31N3O/c1-3-14-6-4-11-18(12-7-14)13-8-15(19)17(2)10-5-9-16/h14H,3-13,16H2,1-2H3. The maximum Gasteiger partial charge on any atom is 0.223 e. The van der Waals surface area contributed by atoms with Crippen molar-refractivity contribution in [3.63, 3.8) is 0 Å². The van der Waals surface area contributed by atoms with Crippen LogP contribution in [-0.2, 0) is 4.79 Å². The number of nitrogens with zero attached hydrogens (tertiary/aromatic N) is 2. The van der Waals surface area contributed by atoms with Crippen molar-refractivity contribution in [1.29, 1.82) is 0 Å². The minimum atomic E-state index is 0.254. The van der Waals surface area contributed by atoms with E-state index in [0.717, 1.165) is 38.5 Å². The van der Waals surface area contributed by atoms with Crippen LogP contribution in [-0.4, -0.2) is 55.5 Å². The Kier molecular flexibility index (Phi) is 8.07. The first-order valence-electron chi connectivity index (χ1n) is 7.83. The Morgan fingerprint density at radius 3 is 2.84 bits per heavy atom. The second-order valence-corrected chi connectivity index (χ2v) is 5.75. The highest BCUT2D eigenvalue weighted by Crippen LogP contribution is 2.20.